The van der Waals surface area contributed by atoms with Crippen LogP contribution in [0.4, 0.5) is 14.3 Å². The summed E-state index contributed by atoms with van der Waals surface area (Å²) in [6, 6.07) is 12.5. The molecule has 0 saturated carbocycles. The van der Waals surface area contributed by atoms with Crippen molar-refractivity contribution in [1.29, 1.82) is 0 Å². The second kappa shape index (κ2) is 12.0. The number of hydrogen-bond acceptors (Lipinski definition) is 11. The molecule has 2 aromatic heterocycles. The van der Waals surface area contributed by atoms with Gasteiger partial charge in [0.15, 0.2) is 5.58 Å². The van der Waals surface area contributed by atoms with E-state index in [-0.39, 0.29) is 35.9 Å². The molecule has 1 atom stereocenters. The van der Waals surface area contributed by atoms with Gasteiger partial charge in [0.2, 0.25) is 5.13 Å². The van der Waals surface area contributed by atoms with E-state index in [2.05, 4.69) is 9.36 Å². The Balaban J connectivity index is 1.40. The number of anilines is 1. The first kappa shape index (κ1) is 32.0. The highest BCUT2D eigenvalue weighted by Gasteiger charge is 2.47. The lowest BCUT2D eigenvalue weighted by Crippen LogP contribution is -2.61. The number of nitrogens with zero attached hydrogens (tertiary/aromatic N) is 5. The summed E-state index contributed by atoms with van der Waals surface area (Å²) < 4.78 is 66.2. The third-order valence-corrected chi connectivity index (χ3v) is 10.6. The SMILES string of the molecule is COc1ccc(CN(c2ncns2)S(=O)(=O)c2cc3oc(=O)n(C(C)c4ccccc4C4(O)CN(C(=O)O)C4)c3cc2F)c(OC)c1. The maximum Gasteiger partial charge on any atom is 0.420 e. The highest BCUT2D eigenvalue weighted by Crippen LogP contribution is 2.38. The first-order chi connectivity index (χ1) is 22.4. The van der Waals surface area contributed by atoms with E-state index < -0.39 is 44.2 Å². The van der Waals surface area contributed by atoms with E-state index in [0.717, 1.165) is 37.4 Å². The number of β-amino-alcohol motifs (C(OH)–C–C–N with tert-alkyl or cyclic N) is 1. The van der Waals surface area contributed by atoms with Crippen LogP contribution in [0.5, 0.6) is 11.5 Å². The number of sulfonamides is 1. The van der Waals surface area contributed by atoms with E-state index in [1.54, 1.807) is 49.4 Å². The molecule has 1 fully saturated rings. The number of carboxylic acid groups (broad SMARTS) is 1. The van der Waals surface area contributed by atoms with Crippen molar-refractivity contribution in [2.24, 2.45) is 0 Å². The number of fused-ring (bicyclic) bond motifs is 1. The number of halogens is 1. The highest BCUT2D eigenvalue weighted by molar-refractivity contribution is 7.93. The zero-order chi connectivity index (χ0) is 33.7. The number of ether oxygens (including phenoxy) is 2. The van der Waals surface area contributed by atoms with Gasteiger partial charge in [0.25, 0.3) is 10.0 Å². The Morgan fingerprint density at radius 3 is 2.57 bits per heavy atom. The number of hydrogen-bond donors (Lipinski definition) is 2. The molecular weight excluding hydrogens is 657 g/mol. The standard InChI is InChI=1S/C30H28FN5O9S2/c1-17(20-6-4-5-7-21(20)30(40)14-34(15-30)28(37)38)36-23-11-22(31)26(12-25(23)45-29(36)39)47(41,42)35(27-32-16-33-46-27)13-18-8-9-19(43-2)10-24(18)44-3/h4-12,16-17,40H,13-15H2,1-3H3,(H,37,38). The number of aromatic nitrogens is 3. The monoisotopic (exact) mass is 685 g/mol. The Labute approximate surface area is 271 Å². The molecule has 246 valence electrons. The van der Waals surface area contributed by atoms with E-state index in [4.69, 9.17) is 13.9 Å². The molecule has 0 aliphatic carbocycles. The Morgan fingerprint density at radius 2 is 1.91 bits per heavy atom. The third-order valence-electron chi connectivity index (χ3n) is 8.08. The molecule has 0 spiro atoms. The summed E-state index contributed by atoms with van der Waals surface area (Å²) in [6.07, 6.45) is -0.00307. The van der Waals surface area contributed by atoms with Crippen molar-refractivity contribution in [2.75, 3.05) is 31.6 Å². The highest BCUT2D eigenvalue weighted by atomic mass is 32.2. The van der Waals surface area contributed by atoms with Crippen molar-refractivity contribution in [1.82, 2.24) is 18.8 Å². The predicted octanol–water partition coefficient (Wildman–Crippen LogP) is 3.79. The number of methoxy groups -OCH3 is 2. The Kier molecular flexibility index (Phi) is 8.15. The summed E-state index contributed by atoms with van der Waals surface area (Å²) in [5.41, 5.74) is -0.429. The molecule has 6 rings (SSSR count). The van der Waals surface area contributed by atoms with Crippen LogP contribution in [0.1, 0.15) is 29.7 Å². The lowest BCUT2D eigenvalue weighted by Gasteiger charge is -2.46. The van der Waals surface area contributed by atoms with Gasteiger partial charge < -0.3 is 29.0 Å². The summed E-state index contributed by atoms with van der Waals surface area (Å²) in [7, 11) is -1.78. The fourth-order valence-electron chi connectivity index (χ4n) is 5.70. The van der Waals surface area contributed by atoms with Crippen molar-refractivity contribution < 1.29 is 41.7 Å². The number of carbonyl (C=O) groups is 1. The van der Waals surface area contributed by atoms with Gasteiger partial charge in [-0.3, -0.25) is 4.57 Å². The smallest absolute Gasteiger partial charge is 0.420 e. The molecule has 47 heavy (non-hydrogen) atoms. The van der Waals surface area contributed by atoms with Gasteiger partial charge in [-0.25, -0.2) is 31.7 Å². The average molecular weight is 686 g/mol. The lowest BCUT2D eigenvalue weighted by atomic mass is 9.82. The van der Waals surface area contributed by atoms with Gasteiger partial charge in [-0.15, -0.1) is 0 Å². The molecule has 1 amide bonds. The van der Waals surface area contributed by atoms with Crippen LogP contribution in [-0.2, 0) is 22.2 Å². The van der Waals surface area contributed by atoms with Crippen LogP contribution < -0.4 is 19.5 Å². The Hall–Kier alpha value is -5.00. The quantitative estimate of drug-likeness (QED) is 0.219. The fraction of sp³-hybridized carbons (Fsp3) is 0.267. The van der Waals surface area contributed by atoms with Gasteiger partial charge in [-0.05, 0) is 30.2 Å². The lowest BCUT2D eigenvalue weighted by molar-refractivity contribution is -0.0905. The first-order valence-electron chi connectivity index (χ1n) is 14.0. The Bertz CT molecular complexity index is 2140. The molecule has 1 saturated heterocycles. The molecule has 3 aromatic carbocycles. The van der Waals surface area contributed by atoms with E-state index in [9.17, 15) is 28.2 Å². The summed E-state index contributed by atoms with van der Waals surface area (Å²) in [5.74, 6) is -1.25. The van der Waals surface area contributed by atoms with Crippen molar-refractivity contribution in [2.45, 2.75) is 30.0 Å². The van der Waals surface area contributed by atoms with Crippen LogP contribution in [0.3, 0.4) is 0 Å². The number of likely N-dealkylation sites (tertiary alicyclic amines) is 1. The molecule has 1 aliphatic heterocycles. The van der Waals surface area contributed by atoms with Gasteiger partial charge in [0, 0.05) is 35.3 Å². The number of oxazole rings is 1. The van der Waals surface area contributed by atoms with E-state index in [1.807, 2.05) is 0 Å². The summed E-state index contributed by atoms with van der Waals surface area (Å²) in [6.45, 7) is 0.990. The van der Waals surface area contributed by atoms with Crippen LogP contribution >= 0.6 is 11.5 Å². The first-order valence-corrected chi connectivity index (χ1v) is 16.2. The van der Waals surface area contributed by atoms with E-state index in [0.29, 0.717) is 28.2 Å². The molecule has 17 heteroatoms. The van der Waals surface area contributed by atoms with Crippen molar-refractivity contribution >= 4 is 43.9 Å². The van der Waals surface area contributed by atoms with Gasteiger partial charge in [-0.1, -0.05) is 24.3 Å². The molecule has 2 N–H and O–H groups in total. The van der Waals surface area contributed by atoms with E-state index in [1.165, 1.54) is 20.5 Å². The van der Waals surface area contributed by atoms with Gasteiger partial charge >= 0.3 is 11.8 Å². The minimum Gasteiger partial charge on any atom is -0.497 e. The van der Waals surface area contributed by atoms with Crippen molar-refractivity contribution in [3.05, 3.63) is 94.0 Å². The van der Waals surface area contributed by atoms with Crippen LogP contribution in [0.2, 0.25) is 0 Å². The van der Waals surface area contributed by atoms with Gasteiger partial charge in [0.05, 0.1) is 45.4 Å². The van der Waals surface area contributed by atoms with Gasteiger partial charge in [0.1, 0.15) is 34.1 Å². The minimum atomic E-state index is -4.67. The number of amides is 1. The zero-order valence-electron chi connectivity index (χ0n) is 25.2. The van der Waals surface area contributed by atoms with Gasteiger partial charge in [-0.2, -0.15) is 4.37 Å². The largest absolute Gasteiger partial charge is 0.497 e. The molecule has 3 heterocycles. The second-order valence-corrected chi connectivity index (χ2v) is 13.4. The molecular formula is C30H28FN5O9S2. The minimum absolute atomic E-state index is 0.0270. The molecule has 1 aliphatic rings. The van der Waals surface area contributed by atoms with E-state index >= 15 is 4.39 Å². The molecule has 0 radical (unpaired) electrons. The zero-order valence-corrected chi connectivity index (χ0v) is 26.8. The van der Waals surface area contributed by atoms with Crippen molar-refractivity contribution in [3.63, 3.8) is 0 Å². The fourth-order valence-corrected chi connectivity index (χ4v) is 7.90. The maximum absolute atomic E-state index is 16.0. The molecule has 0 bridgehead atoms. The summed E-state index contributed by atoms with van der Waals surface area (Å²) in [5, 5.41) is 20.4. The van der Waals surface area contributed by atoms with Crippen molar-refractivity contribution in [3.8, 4) is 11.5 Å². The molecule has 14 nitrogen and oxygen atoms in total. The third kappa shape index (κ3) is 5.55. The average Bonchev–Trinajstić information content (AvgIpc) is 3.68. The number of benzene rings is 3. The van der Waals surface area contributed by atoms with Crippen LogP contribution in [0.25, 0.3) is 11.1 Å². The Morgan fingerprint density at radius 1 is 1.17 bits per heavy atom. The van der Waals surface area contributed by atoms with Crippen LogP contribution in [0.15, 0.2) is 75.0 Å². The van der Waals surface area contributed by atoms with Crippen LogP contribution in [0, 0.1) is 5.82 Å². The number of rotatable bonds is 10. The summed E-state index contributed by atoms with van der Waals surface area (Å²) >= 11 is 0.786. The maximum atomic E-state index is 16.0. The number of aliphatic hydroxyl groups is 1. The summed E-state index contributed by atoms with van der Waals surface area (Å²) in [4.78, 5) is 28.9. The predicted molar refractivity (Wildman–Crippen MR) is 167 cm³/mol. The molecule has 5 aromatic rings. The second-order valence-electron chi connectivity index (χ2n) is 10.8. The molecule has 1 unspecified atom stereocenters. The topological polar surface area (TPSA) is 178 Å². The van der Waals surface area contributed by atoms with Crippen LogP contribution in [-0.4, -0.2) is 70.9 Å². The normalized spacial score (nSPS) is 14.9.